The Morgan fingerprint density at radius 2 is 1.41 bits per heavy atom. The Hall–Kier alpha value is -4.30. The first kappa shape index (κ1) is 24.4. The van der Waals surface area contributed by atoms with Gasteiger partial charge in [0.2, 0.25) is 11.9 Å². The largest absolute Gasteiger partial charge is 0.457 e. The maximum Gasteiger partial charge on any atom is 0.229 e. The Kier molecular flexibility index (Phi) is 7.37. The molecule has 1 aliphatic rings. The summed E-state index contributed by atoms with van der Waals surface area (Å²) in [4.78, 5) is 14.0. The van der Waals surface area contributed by atoms with Crippen molar-refractivity contribution in [1.82, 2.24) is 15.3 Å². The lowest BCUT2D eigenvalue weighted by Gasteiger charge is -2.16. The normalized spacial score (nSPS) is 13.1. The van der Waals surface area contributed by atoms with Crippen LogP contribution in [-0.2, 0) is 12.8 Å². The smallest absolute Gasteiger partial charge is 0.229 e. The molecule has 4 aromatic rings. The molecule has 0 unspecified atom stereocenters. The summed E-state index contributed by atoms with van der Waals surface area (Å²) in [7, 11) is 0. The molecule has 186 valence electrons. The molecule has 0 atom stereocenters. The number of benzene rings is 3. The molecule has 0 bridgehead atoms. The highest BCUT2D eigenvalue weighted by molar-refractivity contribution is 7.80. The van der Waals surface area contributed by atoms with Crippen molar-refractivity contribution in [3.8, 4) is 11.5 Å². The minimum absolute atomic E-state index is 0.0931. The van der Waals surface area contributed by atoms with Crippen LogP contribution < -0.4 is 20.7 Å². The molecule has 0 amide bonds. The lowest BCUT2D eigenvalue weighted by molar-refractivity contribution is 0.483. The molecule has 5 rings (SSSR count). The highest BCUT2D eigenvalue weighted by Crippen LogP contribution is 2.24. The monoisotopic (exact) mass is 508 g/mol. The number of nitrogens with zero attached hydrogens (tertiary/aromatic N) is 3. The molecule has 3 N–H and O–H groups in total. The maximum atomic E-state index is 5.87. The molecule has 1 aromatic heterocycles. The minimum Gasteiger partial charge on any atom is -0.457 e. The van der Waals surface area contributed by atoms with Crippen LogP contribution in [0, 0.1) is 13.8 Å². The lowest BCUT2D eigenvalue weighted by Crippen LogP contribution is -2.40. The Balaban J connectivity index is 1.28. The fourth-order valence-corrected chi connectivity index (χ4v) is 4.51. The third-order valence-electron chi connectivity index (χ3n) is 5.88. The summed E-state index contributed by atoms with van der Waals surface area (Å²) in [5.41, 5.74) is 5.24. The number of hydrogen-bond acceptors (Lipinski definition) is 5. The number of guanidine groups is 1. The quantitative estimate of drug-likeness (QED) is 0.178. The zero-order valence-corrected chi connectivity index (χ0v) is 21.5. The number of thiocarbonyl (C=S) groups is 1. The van der Waals surface area contributed by atoms with Gasteiger partial charge in [-0.1, -0.05) is 42.5 Å². The molecule has 0 fully saturated rings. The van der Waals surface area contributed by atoms with Crippen molar-refractivity contribution in [2.24, 2.45) is 4.99 Å². The summed E-state index contributed by atoms with van der Waals surface area (Å²) < 4.78 is 5.87. The lowest BCUT2D eigenvalue weighted by atomic mass is 10.1. The molecule has 1 heterocycles. The first-order valence-electron chi connectivity index (χ1n) is 12.1. The van der Waals surface area contributed by atoms with Gasteiger partial charge in [-0.05, 0) is 92.5 Å². The fraction of sp³-hybridized carbons (Fsp3) is 0.172. The van der Waals surface area contributed by atoms with Gasteiger partial charge in [-0.15, -0.1) is 0 Å². The second-order valence-electron chi connectivity index (χ2n) is 8.93. The number of nitrogens with one attached hydrogen (secondary N) is 3. The molecule has 1 aliphatic carbocycles. The third-order valence-corrected chi connectivity index (χ3v) is 6.08. The van der Waals surface area contributed by atoms with E-state index in [4.69, 9.17) is 21.9 Å². The first-order valence-corrected chi connectivity index (χ1v) is 12.6. The van der Waals surface area contributed by atoms with Gasteiger partial charge in [0.05, 0.1) is 6.04 Å². The van der Waals surface area contributed by atoms with Crippen molar-refractivity contribution >= 4 is 34.9 Å². The van der Waals surface area contributed by atoms with E-state index >= 15 is 0 Å². The molecule has 0 radical (unpaired) electrons. The minimum atomic E-state index is 0.0931. The van der Waals surface area contributed by atoms with Crippen LogP contribution in [-0.4, -0.2) is 27.1 Å². The Bertz CT molecular complexity index is 1380. The standard InChI is InChI=1S/C29H28N6OS/c1-19-16-20(2)31-27(30-19)34-28(32-24-17-21-8-6-7-9-22(21)18-24)35-29(37)33-23-12-14-26(15-13-23)36-25-10-4-3-5-11-25/h3-16,24H,17-18H2,1-2H3,(H3,30,31,32,33,34,35,37). The van der Waals surface area contributed by atoms with Gasteiger partial charge in [-0.2, -0.15) is 0 Å². The van der Waals surface area contributed by atoms with E-state index in [1.165, 1.54) is 11.1 Å². The van der Waals surface area contributed by atoms with E-state index in [0.29, 0.717) is 17.0 Å². The first-order chi connectivity index (χ1) is 18.0. The topological polar surface area (TPSA) is 83.5 Å². The summed E-state index contributed by atoms with van der Waals surface area (Å²) in [6.07, 6.45) is 1.75. The molecule has 3 aromatic carbocycles. The van der Waals surface area contributed by atoms with Crippen LogP contribution >= 0.6 is 12.2 Å². The fourth-order valence-electron chi connectivity index (χ4n) is 4.29. The summed E-state index contributed by atoms with van der Waals surface area (Å²) in [6.45, 7) is 3.88. The van der Waals surface area contributed by atoms with Gasteiger partial charge in [0.15, 0.2) is 5.11 Å². The molecule has 7 nitrogen and oxygen atoms in total. The number of fused-ring (bicyclic) bond motifs is 1. The van der Waals surface area contributed by atoms with Crippen molar-refractivity contribution in [2.75, 3.05) is 10.6 Å². The second kappa shape index (κ2) is 11.2. The highest BCUT2D eigenvalue weighted by atomic mass is 32.1. The van der Waals surface area contributed by atoms with Gasteiger partial charge >= 0.3 is 0 Å². The number of ether oxygens (including phenoxy) is 1. The van der Waals surface area contributed by atoms with E-state index in [9.17, 15) is 0 Å². The van der Waals surface area contributed by atoms with E-state index in [2.05, 4.69) is 50.2 Å². The van der Waals surface area contributed by atoms with Crippen LogP contribution in [0.3, 0.4) is 0 Å². The molecule has 0 spiro atoms. The van der Waals surface area contributed by atoms with Crippen LogP contribution in [0.5, 0.6) is 11.5 Å². The third kappa shape index (κ3) is 6.68. The van der Waals surface area contributed by atoms with Crippen molar-refractivity contribution in [2.45, 2.75) is 32.7 Å². The molecule has 37 heavy (non-hydrogen) atoms. The number of aryl methyl sites for hydroxylation is 2. The predicted molar refractivity (Wildman–Crippen MR) is 153 cm³/mol. The number of aliphatic imine (C=N–C) groups is 1. The zero-order chi connectivity index (χ0) is 25.6. The van der Waals surface area contributed by atoms with Crippen molar-refractivity contribution in [3.63, 3.8) is 0 Å². The van der Waals surface area contributed by atoms with Gasteiger partial charge in [0, 0.05) is 17.1 Å². The van der Waals surface area contributed by atoms with Crippen LogP contribution in [0.4, 0.5) is 11.6 Å². The zero-order valence-electron chi connectivity index (χ0n) is 20.7. The SMILES string of the molecule is Cc1cc(C)nc(NC(=NC2Cc3ccccc3C2)NC(=S)Nc2ccc(Oc3ccccc3)cc2)n1. The van der Waals surface area contributed by atoms with Gasteiger partial charge < -0.3 is 15.4 Å². The molecule has 0 saturated carbocycles. The van der Waals surface area contributed by atoms with Crippen LogP contribution in [0.2, 0.25) is 0 Å². The maximum absolute atomic E-state index is 5.87. The number of aromatic nitrogens is 2. The van der Waals surface area contributed by atoms with E-state index in [1.807, 2.05) is 74.5 Å². The van der Waals surface area contributed by atoms with Gasteiger partial charge in [-0.25, -0.2) is 15.0 Å². The van der Waals surface area contributed by atoms with Crippen molar-refractivity contribution in [1.29, 1.82) is 0 Å². The Morgan fingerprint density at radius 1 is 0.811 bits per heavy atom. The molecular formula is C29H28N6OS. The van der Waals surface area contributed by atoms with Crippen molar-refractivity contribution in [3.05, 3.63) is 107 Å². The molecular weight excluding hydrogens is 480 g/mol. The second-order valence-corrected chi connectivity index (χ2v) is 9.33. The van der Waals surface area contributed by atoms with E-state index in [-0.39, 0.29) is 6.04 Å². The van der Waals surface area contributed by atoms with E-state index < -0.39 is 0 Å². The summed E-state index contributed by atoms with van der Waals surface area (Å²) in [6, 6.07) is 27.8. The van der Waals surface area contributed by atoms with Crippen LogP contribution in [0.15, 0.2) is 89.9 Å². The van der Waals surface area contributed by atoms with Crippen LogP contribution in [0.1, 0.15) is 22.5 Å². The number of anilines is 2. The molecule has 0 saturated heterocycles. The Morgan fingerprint density at radius 3 is 2.05 bits per heavy atom. The predicted octanol–water partition coefficient (Wildman–Crippen LogP) is 5.81. The van der Waals surface area contributed by atoms with Crippen molar-refractivity contribution < 1.29 is 4.74 Å². The van der Waals surface area contributed by atoms with Gasteiger partial charge in [-0.3, -0.25) is 5.32 Å². The number of rotatable bonds is 5. The summed E-state index contributed by atoms with van der Waals surface area (Å²) in [5.74, 6) is 2.51. The Labute approximate surface area is 222 Å². The van der Waals surface area contributed by atoms with E-state index in [0.717, 1.165) is 41.4 Å². The van der Waals surface area contributed by atoms with Crippen LogP contribution in [0.25, 0.3) is 0 Å². The van der Waals surface area contributed by atoms with E-state index in [1.54, 1.807) is 0 Å². The average Bonchev–Trinajstić information content (AvgIpc) is 3.27. The summed E-state index contributed by atoms with van der Waals surface area (Å²) >= 11 is 5.61. The van der Waals surface area contributed by atoms with Gasteiger partial charge in [0.25, 0.3) is 0 Å². The average molecular weight is 509 g/mol. The molecule has 0 aliphatic heterocycles. The number of para-hydroxylation sites is 1. The summed E-state index contributed by atoms with van der Waals surface area (Å²) in [5, 5.41) is 10.1. The number of hydrogen-bond donors (Lipinski definition) is 3. The highest BCUT2D eigenvalue weighted by Gasteiger charge is 2.21. The van der Waals surface area contributed by atoms with Gasteiger partial charge in [0.1, 0.15) is 11.5 Å². The molecule has 8 heteroatoms.